The highest BCUT2D eigenvalue weighted by Gasteiger charge is 2.11. The third kappa shape index (κ3) is 4.12. The van der Waals surface area contributed by atoms with Gasteiger partial charge in [-0.05, 0) is 12.5 Å². The first-order chi connectivity index (χ1) is 7.65. The van der Waals surface area contributed by atoms with Crippen molar-refractivity contribution >= 4 is 23.3 Å². The highest BCUT2D eigenvalue weighted by atomic mass is 35.5. The van der Waals surface area contributed by atoms with Crippen LogP contribution >= 0.6 is 11.6 Å². The number of nitrogens with zero attached hydrogens (tertiary/aromatic N) is 2. The second-order valence-electron chi connectivity index (χ2n) is 3.49. The lowest BCUT2D eigenvalue weighted by atomic mass is 10.0. The smallest absolute Gasteiger partial charge is 0.225 e. The lowest BCUT2D eigenvalue weighted by Crippen LogP contribution is -2.22. The van der Waals surface area contributed by atoms with Gasteiger partial charge in [-0.3, -0.25) is 4.79 Å². The topological polar surface area (TPSA) is 80.9 Å². The Bertz CT molecular complexity index is 354. The Balaban J connectivity index is 2.51. The summed E-state index contributed by atoms with van der Waals surface area (Å²) in [5.41, 5.74) is 5.52. The summed E-state index contributed by atoms with van der Waals surface area (Å²) in [6.45, 7) is 2.51. The average molecular weight is 243 g/mol. The Labute approximate surface area is 99.4 Å². The van der Waals surface area contributed by atoms with Gasteiger partial charge in [0.05, 0.1) is 0 Å². The normalized spacial score (nSPS) is 12.2. The molecule has 5 nitrogen and oxygen atoms in total. The largest absolute Gasteiger partial charge is 0.330 e. The van der Waals surface area contributed by atoms with Gasteiger partial charge < -0.3 is 11.1 Å². The minimum atomic E-state index is -0.105. The first-order valence-electron chi connectivity index (χ1n) is 5.13. The van der Waals surface area contributed by atoms with Crippen LogP contribution in [-0.4, -0.2) is 22.4 Å². The second kappa shape index (κ2) is 6.40. The zero-order valence-corrected chi connectivity index (χ0v) is 9.87. The van der Waals surface area contributed by atoms with E-state index in [2.05, 4.69) is 15.3 Å². The van der Waals surface area contributed by atoms with Crippen molar-refractivity contribution in [3.8, 4) is 0 Å². The number of hydrogen-bond acceptors (Lipinski definition) is 4. The van der Waals surface area contributed by atoms with Crippen molar-refractivity contribution in [2.75, 3.05) is 11.9 Å². The fourth-order valence-corrected chi connectivity index (χ4v) is 1.40. The number of nitrogens with two attached hydrogens (primary N) is 1. The van der Waals surface area contributed by atoms with Gasteiger partial charge in [-0.1, -0.05) is 24.9 Å². The van der Waals surface area contributed by atoms with Crippen LogP contribution in [0.2, 0.25) is 5.15 Å². The van der Waals surface area contributed by atoms with Crippen LogP contribution in [0.4, 0.5) is 5.82 Å². The third-order valence-corrected chi connectivity index (χ3v) is 2.49. The van der Waals surface area contributed by atoms with Crippen molar-refractivity contribution in [2.24, 2.45) is 11.7 Å². The van der Waals surface area contributed by atoms with E-state index in [1.807, 2.05) is 6.92 Å². The van der Waals surface area contributed by atoms with E-state index in [0.717, 1.165) is 6.42 Å². The van der Waals surface area contributed by atoms with Gasteiger partial charge in [-0.25, -0.2) is 9.97 Å². The maximum Gasteiger partial charge on any atom is 0.225 e. The van der Waals surface area contributed by atoms with E-state index in [4.69, 9.17) is 17.3 Å². The molecule has 3 N–H and O–H groups in total. The van der Waals surface area contributed by atoms with Crippen molar-refractivity contribution in [3.05, 3.63) is 17.5 Å². The van der Waals surface area contributed by atoms with Gasteiger partial charge in [0.1, 0.15) is 17.3 Å². The fraction of sp³-hybridized carbons (Fsp3) is 0.500. The molecule has 0 fully saturated rings. The summed E-state index contributed by atoms with van der Waals surface area (Å²) in [5.74, 6) is 0.515. The van der Waals surface area contributed by atoms with Gasteiger partial charge >= 0.3 is 0 Å². The summed E-state index contributed by atoms with van der Waals surface area (Å²) in [6.07, 6.45) is 2.58. The van der Waals surface area contributed by atoms with Crippen LogP contribution in [0, 0.1) is 5.92 Å². The van der Waals surface area contributed by atoms with E-state index in [-0.39, 0.29) is 11.8 Å². The number of anilines is 1. The molecule has 88 valence electrons. The summed E-state index contributed by atoms with van der Waals surface area (Å²) < 4.78 is 0. The molecule has 6 heteroatoms. The summed E-state index contributed by atoms with van der Waals surface area (Å²) in [4.78, 5) is 19.2. The van der Waals surface area contributed by atoms with Crippen molar-refractivity contribution in [3.63, 3.8) is 0 Å². The molecule has 1 atom stereocenters. The Hall–Kier alpha value is -1.20. The van der Waals surface area contributed by atoms with Crippen molar-refractivity contribution < 1.29 is 4.79 Å². The highest BCUT2D eigenvalue weighted by Crippen LogP contribution is 2.11. The molecule has 16 heavy (non-hydrogen) atoms. The molecule has 0 aliphatic carbocycles. The molecule has 0 spiro atoms. The molecule has 0 radical (unpaired) electrons. The predicted molar refractivity (Wildman–Crippen MR) is 63.1 cm³/mol. The van der Waals surface area contributed by atoms with Gasteiger partial charge in [0.15, 0.2) is 0 Å². The Kier molecular flexibility index (Phi) is 5.14. The first kappa shape index (κ1) is 12.9. The standard InChI is InChI=1S/C10H15ClN4O/c1-2-7(5-12)3-10(16)15-9-4-8(11)13-6-14-9/h4,6-7H,2-3,5,12H2,1H3,(H,13,14,15,16). The molecule has 0 saturated heterocycles. The van der Waals surface area contributed by atoms with Crippen molar-refractivity contribution in [1.82, 2.24) is 9.97 Å². The van der Waals surface area contributed by atoms with Gasteiger partial charge in [0.2, 0.25) is 5.91 Å². The van der Waals surface area contributed by atoms with Crippen LogP contribution in [0.25, 0.3) is 0 Å². The van der Waals surface area contributed by atoms with Gasteiger partial charge in [-0.2, -0.15) is 0 Å². The lowest BCUT2D eigenvalue weighted by Gasteiger charge is -2.11. The zero-order chi connectivity index (χ0) is 12.0. The Morgan fingerprint density at radius 1 is 1.62 bits per heavy atom. The molecular formula is C10H15ClN4O. The number of amides is 1. The van der Waals surface area contributed by atoms with Crippen LogP contribution in [0.1, 0.15) is 19.8 Å². The van der Waals surface area contributed by atoms with Crippen LogP contribution < -0.4 is 11.1 Å². The number of carbonyl (C=O) groups excluding carboxylic acids is 1. The van der Waals surface area contributed by atoms with Gasteiger partial charge in [0, 0.05) is 12.5 Å². The van der Waals surface area contributed by atoms with Gasteiger partial charge in [-0.15, -0.1) is 0 Å². The minimum absolute atomic E-state index is 0.105. The number of halogens is 1. The fourth-order valence-electron chi connectivity index (χ4n) is 1.25. The number of hydrogen-bond donors (Lipinski definition) is 2. The van der Waals surface area contributed by atoms with Crippen LogP contribution in [0.3, 0.4) is 0 Å². The maximum absolute atomic E-state index is 11.6. The van der Waals surface area contributed by atoms with Crippen LogP contribution in [0.5, 0.6) is 0 Å². The van der Waals surface area contributed by atoms with E-state index >= 15 is 0 Å². The first-order valence-corrected chi connectivity index (χ1v) is 5.51. The molecule has 1 aromatic rings. The number of nitrogens with one attached hydrogen (secondary N) is 1. The number of rotatable bonds is 5. The molecule has 1 heterocycles. The lowest BCUT2D eigenvalue weighted by molar-refractivity contribution is -0.117. The summed E-state index contributed by atoms with van der Waals surface area (Å²) >= 11 is 5.67. The predicted octanol–water partition coefficient (Wildman–Crippen LogP) is 1.44. The van der Waals surface area contributed by atoms with E-state index < -0.39 is 0 Å². The molecule has 0 aliphatic rings. The monoisotopic (exact) mass is 242 g/mol. The second-order valence-corrected chi connectivity index (χ2v) is 3.88. The third-order valence-electron chi connectivity index (χ3n) is 2.29. The van der Waals surface area contributed by atoms with Crippen molar-refractivity contribution in [1.29, 1.82) is 0 Å². The molecule has 0 saturated carbocycles. The molecule has 0 aliphatic heterocycles. The minimum Gasteiger partial charge on any atom is -0.330 e. The van der Waals surface area contributed by atoms with Gasteiger partial charge in [0.25, 0.3) is 0 Å². The zero-order valence-electron chi connectivity index (χ0n) is 9.11. The number of aromatic nitrogens is 2. The molecule has 1 rings (SSSR count). The van der Waals surface area contributed by atoms with Crippen LogP contribution in [-0.2, 0) is 4.79 Å². The Morgan fingerprint density at radius 3 is 2.94 bits per heavy atom. The average Bonchev–Trinajstić information content (AvgIpc) is 2.26. The molecule has 0 aromatic carbocycles. The highest BCUT2D eigenvalue weighted by molar-refractivity contribution is 6.29. The SMILES string of the molecule is CCC(CN)CC(=O)Nc1cc(Cl)ncn1. The van der Waals surface area contributed by atoms with E-state index in [9.17, 15) is 4.79 Å². The Morgan fingerprint density at radius 2 is 2.38 bits per heavy atom. The molecule has 1 amide bonds. The quantitative estimate of drug-likeness (QED) is 0.766. The molecule has 1 unspecified atom stereocenters. The van der Waals surface area contributed by atoms with E-state index in [1.54, 1.807) is 0 Å². The summed E-state index contributed by atoms with van der Waals surface area (Å²) in [6, 6.07) is 1.50. The van der Waals surface area contributed by atoms with Crippen molar-refractivity contribution in [2.45, 2.75) is 19.8 Å². The summed E-state index contributed by atoms with van der Waals surface area (Å²) in [7, 11) is 0. The van der Waals surface area contributed by atoms with E-state index in [1.165, 1.54) is 12.4 Å². The molecule has 1 aromatic heterocycles. The molecular weight excluding hydrogens is 228 g/mol. The number of carbonyl (C=O) groups is 1. The summed E-state index contributed by atoms with van der Waals surface area (Å²) in [5, 5.41) is 2.95. The maximum atomic E-state index is 11.6. The molecule has 0 bridgehead atoms. The van der Waals surface area contributed by atoms with E-state index in [0.29, 0.717) is 23.9 Å². The van der Waals surface area contributed by atoms with Crippen LogP contribution in [0.15, 0.2) is 12.4 Å².